The normalized spacial score (nSPS) is 17.5. The van der Waals surface area contributed by atoms with E-state index in [1.807, 2.05) is 0 Å². The summed E-state index contributed by atoms with van der Waals surface area (Å²) in [4.78, 5) is 87.1. The van der Waals surface area contributed by atoms with E-state index in [-0.39, 0.29) is 57.8 Å². The lowest BCUT2D eigenvalue weighted by Gasteiger charge is -2.18. The summed E-state index contributed by atoms with van der Waals surface area (Å²) in [6, 6.07) is 12.7. The number of aromatic nitrogens is 2. The highest BCUT2D eigenvalue weighted by atomic mass is 31.2. The molecule has 2 aliphatic heterocycles. The van der Waals surface area contributed by atoms with Crippen LogP contribution in [0, 0.1) is 0 Å². The molecule has 3 aliphatic rings. The van der Waals surface area contributed by atoms with E-state index in [1.165, 1.54) is 67.9 Å². The second-order valence-corrected chi connectivity index (χ2v) is 15.6. The SMILES string of the molecule is COC1CC(n2cc(/C=C/C(=O)NCCCCCCNC(=O)c3ccc(C(=O)O)c(-c4c5ccc(=O)cc-5oc5cc(O)ccc45)c3)c(=O)[nH]c2=O)OC1COP(=O)(O)OC. The van der Waals surface area contributed by atoms with Gasteiger partial charge in [0.25, 0.3) is 11.5 Å². The molecule has 0 radical (unpaired) electrons. The highest BCUT2D eigenvalue weighted by Gasteiger charge is 2.39. The molecule has 2 amide bonds. The molecular formula is C41H43N4O15P. The summed E-state index contributed by atoms with van der Waals surface area (Å²) in [5.74, 6) is -2.03. The molecule has 6 rings (SSSR count). The number of nitrogens with one attached hydrogen (secondary N) is 3. The number of aromatic carboxylic acids is 1. The molecule has 1 aromatic heterocycles. The number of phenolic OH excluding ortho intramolecular Hbond substituents is 1. The first-order valence-electron chi connectivity index (χ1n) is 19.1. The summed E-state index contributed by atoms with van der Waals surface area (Å²) in [5, 5.41) is 26.2. The van der Waals surface area contributed by atoms with E-state index in [1.54, 1.807) is 6.07 Å². The molecular weight excluding hydrogens is 819 g/mol. The fourth-order valence-electron chi connectivity index (χ4n) is 6.89. The van der Waals surface area contributed by atoms with E-state index < -0.39 is 55.3 Å². The monoisotopic (exact) mass is 862 g/mol. The molecule has 0 spiro atoms. The number of methoxy groups -OCH3 is 1. The van der Waals surface area contributed by atoms with Gasteiger partial charge < -0.3 is 39.6 Å². The number of hydrogen-bond acceptors (Lipinski definition) is 13. The Morgan fingerprint density at radius 3 is 2.44 bits per heavy atom. The van der Waals surface area contributed by atoms with E-state index in [2.05, 4.69) is 20.1 Å². The minimum atomic E-state index is -4.29. The zero-order valence-corrected chi connectivity index (χ0v) is 33.8. The third-order valence-electron chi connectivity index (χ3n) is 9.98. The van der Waals surface area contributed by atoms with Crippen LogP contribution < -0.4 is 27.3 Å². The van der Waals surface area contributed by atoms with Crippen LogP contribution in [0.25, 0.3) is 39.5 Å². The van der Waals surface area contributed by atoms with Crippen LogP contribution in [-0.2, 0) is 27.9 Å². The number of nitrogens with zero attached hydrogens (tertiary/aromatic N) is 1. The molecule has 6 N–H and O–H groups in total. The Kier molecular flexibility index (Phi) is 14.1. The first-order chi connectivity index (χ1) is 29.2. The van der Waals surface area contributed by atoms with Gasteiger partial charge in [0.2, 0.25) is 5.91 Å². The lowest BCUT2D eigenvalue weighted by molar-refractivity contribution is -0.116. The summed E-state index contributed by atoms with van der Waals surface area (Å²) in [7, 11) is -1.87. The summed E-state index contributed by atoms with van der Waals surface area (Å²) >= 11 is 0. The number of H-pyrrole nitrogens is 1. The van der Waals surface area contributed by atoms with Crippen molar-refractivity contribution in [1.29, 1.82) is 0 Å². The van der Waals surface area contributed by atoms with Crippen molar-refractivity contribution in [2.24, 2.45) is 0 Å². The van der Waals surface area contributed by atoms with Crippen LogP contribution in [-0.4, -0.2) is 88.6 Å². The minimum absolute atomic E-state index is 0.000395. The number of ether oxygens (including phenoxy) is 2. The second-order valence-electron chi connectivity index (χ2n) is 14.0. The first kappa shape index (κ1) is 44.3. The number of hydrogen-bond donors (Lipinski definition) is 6. The van der Waals surface area contributed by atoms with E-state index in [0.29, 0.717) is 42.4 Å². The van der Waals surface area contributed by atoms with E-state index >= 15 is 0 Å². The number of carbonyl (C=O) groups is 3. The Bertz CT molecular complexity index is 2670. The van der Waals surface area contributed by atoms with Crippen LogP contribution in [0.4, 0.5) is 0 Å². The number of phosphoric acid groups is 1. The Labute approximate surface area is 346 Å². The largest absolute Gasteiger partial charge is 0.508 e. The average molecular weight is 863 g/mol. The molecule has 0 bridgehead atoms. The fraction of sp³-hybridized carbons (Fsp3) is 0.317. The average Bonchev–Trinajstić information content (AvgIpc) is 3.65. The molecule has 1 saturated heterocycles. The summed E-state index contributed by atoms with van der Waals surface area (Å²) < 4.78 is 39.2. The molecule has 4 unspecified atom stereocenters. The number of carbonyl (C=O) groups excluding carboxylic acids is 2. The number of aromatic hydroxyl groups is 1. The zero-order chi connectivity index (χ0) is 43.8. The molecule has 1 aliphatic carbocycles. The van der Waals surface area contributed by atoms with Gasteiger partial charge in [-0.25, -0.2) is 14.2 Å². The van der Waals surface area contributed by atoms with Gasteiger partial charge in [-0.2, -0.15) is 0 Å². The van der Waals surface area contributed by atoms with Crippen molar-refractivity contribution in [3.8, 4) is 28.2 Å². The van der Waals surface area contributed by atoms with Crippen molar-refractivity contribution >= 4 is 42.7 Å². The van der Waals surface area contributed by atoms with Gasteiger partial charge in [-0.1, -0.05) is 12.8 Å². The summed E-state index contributed by atoms with van der Waals surface area (Å²) in [5.41, 5.74) is -0.369. The highest BCUT2D eigenvalue weighted by Crippen LogP contribution is 2.44. The maximum atomic E-state index is 13.2. The molecule has 61 heavy (non-hydrogen) atoms. The van der Waals surface area contributed by atoms with E-state index in [9.17, 15) is 48.4 Å². The van der Waals surface area contributed by atoms with Gasteiger partial charge in [0, 0.05) is 80.2 Å². The number of phosphoric ester groups is 1. The smallest absolute Gasteiger partial charge is 0.472 e. The third kappa shape index (κ3) is 10.8. The van der Waals surface area contributed by atoms with Crippen LogP contribution in [0.1, 0.15) is 64.6 Å². The highest BCUT2D eigenvalue weighted by molar-refractivity contribution is 7.47. The van der Waals surface area contributed by atoms with Crippen LogP contribution >= 0.6 is 7.82 Å². The standard InChI is InChI=1S/C41H43N4O15P/c1-56-33-20-36(60-34(33)22-58-61(54,55)57-2)45-21-24(39(50)44-41(45)53)8-14-35(48)42-15-5-3-4-6-16-43-38(49)23-7-11-27(40(51)52)30(17-23)37-28-12-9-25(46)18-31(28)59-32-19-26(47)10-13-29(32)37/h7-14,17-19,21,33-34,36,46H,3-6,15-16,20,22H2,1-2H3,(H,42,48)(H,43,49)(H,51,52)(H,54,55)(H,44,50,53)/b14-8+. The molecule has 3 aromatic rings. The van der Waals surface area contributed by atoms with Gasteiger partial charge >= 0.3 is 19.5 Å². The van der Waals surface area contributed by atoms with Crippen LogP contribution in [0.3, 0.4) is 0 Å². The number of amides is 2. The zero-order valence-electron chi connectivity index (χ0n) is 33.0. The van der Waals surface area contributed by atoms with Crippen molar-refractivity contribution in [1.82, 2.24) is 20.2 Å². The lowest BCUT2D eigenvalue weighted by atomic mass is 9.89. The third-order valence-corrected chi connectivity index (χ3v) is 10.9. The number of unbranched alkanes of at least 4 members (excludes halogenated alkanes) is 3. The molecule has 2 aromatic carbocycles. The van der Waals surface area contributed by atoms with Crippen molar-refractivity contribution in [3.63, 3.8) is 0 Å². The van der Waals surface area contributed by atoms with E-state index in [0.717, 1.165) is 30.6 Å². The predicted octanol–water partition coefficient (Wildman–Crippen LogP) is 4.00. The number of rotatable bonds is 18. The molecule has 19 nitrogen and oxygen atoms in total. The van der Waals surface area contributed by atoms with Gasteiger partial charge in [0.05, 0.1) is 23.8 Å². The predicted molar refractivity (Wildman–Crippen MR) is 219 cm³/mol. The second kappa shape index (κ2) is 19.4. The van der Waals surface area contributed by atoms with Crippen LogP contribution in [0.15, 0.2) is 85.7 Å². The molecule has 3 heterocycles. The lowest BCUT2D eigenvalue weighted by Crippen LogP contribution is -2.33. The molecule has 0 saturated carbocycles. The Morgan fingerprint density at radius 2 is 1.72 bits per heavy atom. The van der Waals surface area contributed by atoms with Gasteiger partial charge in [-0.15, -0.1) is 0 Å². The molecule has 322 valence electrons. The van der Waals surface area contributed by atoms with Gasteiger partial charge in [-0.05, 0) is 66.9 Å². The summed E-state index contributed by atoms with van der Waals surface area (Å²) in [6.07, 6.45) is 4.13. The van der Waals surface area contributed by atoms with Crippen molar-refractivity contribution in [2.45, 2.75) is 50.5 Å². The first-order valence-corrected chi connectivity index (χ1v) is 20.6. The number of benzene rings is 3. The topological polar surface area (TPSA) is 275 Å². The minimum Gasteiger partial charge on any atom is -0.508 e. The van der Waals surface area contributed by atoms with Gasteiger partial charge in [0.15, 0.2) is 5.43 Å². The van der Waals surface area contributed by atoms with Crippen LogP contribution in [0.2, 0.25) is 0 Å². The Morgan fingerprint density at radius 1 is 0.967 bits per heavy atom. The van der Waals surface area contributed by atoms with Crippen LogP contribution in [0.5, 0.6) is 5.75 Å². The fourth-order valence-corrected chi connectivity index (χ4v) is 7.34. The van der Waals surface area contributed by atoms with Gasteiger partial charge in [-0.3, -0.25) is 37.8 Å². The van der Waals surface area contributed by atoms with Crippen molar-refractivity contribution in [3.05, 3.63) is 115 Å². The number of phenols is 1. The maximum Gasteiger partial charge on any atom is 0.472 e. The maximum absolute atomic E-state index is 13.2. The number of carboxylic acids is 1. The number of aromatic amines is 1. The Balaban J connectivity index is 0.986. The van der Waals surface area contributed by atoms with E-state index in [4.69, 9.17) is 18.4 Å². The molecule has 20 heteroatoms. The summed E-state index contributed by atoms with van der Waals surface area (Å²) in [6.45, 7) is 0.294. The number of carboxylic acid groups (broad SMARTS) is 1. The molecule has 1 fully saturated rings. The number of fused-ring (bicyclic) bond motifs is 2. The van der Waals surface area contributed by atoms with Crippen molar-refractivity contribution in [2.75, 3.05) is 33.9 Å². The molecule has 4 atom stereocenters. The van der Waals surface area contributed by atoms with Gasteiger partial charge in [0.1, 0.15) is 29.4 Å². The quantitative estimate of drug-likeness (QED) is 0.0314. The van der Waals surface area contributed by atoms with Crippen molar-refractivity contribution < 1.29 is 57.0 Å². The Hall–Kier alpha value is -6.21.